The highest BCUT2D eigenvalue weighted by Crippen LogP contribution is 2.64. The molecule has 0 spiro atoms. The molecule has 0 saturated heterocycles. The molecule has 2 nitrogen and oxygen atoms in total. The zero-order valence-corrected chi connectivity index (χ0v) is 19.0. The summed E-state index contributed by atoms with van der Waals surface area (Å²) in [5, 5.41) is 0. The van der Waals surface area contributed by atoms with Gasteiger partial charge in [0.25, 0.3) is 0 Å². The number of hydrogen-bond acceptors (Lipinski definition) is 2. The predicted octanol–water partition coefficient (Wildman–Crippen LogP) is 6.88. The maximum Gasteiger partial charge on any atom is 0.120 e. The van der Waals surface area contributed by atoms with Crippen LogP contribution in [0.25, 0.3) is 0 Å². The summed E-state index contributed by atoms with van der Waals surface area (Å²) in [5.41, 5.74) is 4.05. The highest BCUT2D eigenvalue weighted by Gasteiger charge is 2.59. The third kappa shape index (κ3) is 3.02. The van der Waals surface area contributed by atoms with Crippen molar-refractivity contribution in [2.45, 2.75) is 85.4 Å². The van der Waals surface area contributed by atoms with Crippen molar-refractivity contribution in [3.05, 3.63) is 59.2 Å². The lowest BCUT2D eigenvalue weighted by Gasteiger charge is -2.47. The Morgan fingerprint density at radius 3 is 1.68 bits per heavy atom. The lowest BCUT2D eigenvalue weighted by Crippen LogP contribution is -2.44. The Morgan fingerprint density at radius 1 is 0.643 bits per heavy atom. The van der Waals surface area contributed by atoms with Gasteiger partial charge in [-0.05, 0) is 79.5 Å². The lowest BCUT2D eigenvalue weighted by molar-refractivity contribution is 0.139. The van der Waals surface area contributed by atoms with Gasteiger partial charge in [-0.2, -0.15) is 0 Å². The molecule has 0 amide bonds. The van der Waals surface area contributed by atoms with Crippen LogP contribution in [0.3, 0.4) is 0 Å². The molecule has 1 aliphatic carbocycles. The topological polar surface area (TPSA) is 18.5 Å². The molecule has 0 radical (unpaired) electrons. The second kappa shape index (κ2) is 6.83. The first-order chi connectivity index (χ1) is 12.9. The fraction of sp³-hybridized carbons (Fsp3) is 0.538. The van der Waals surface area contributed by atoms with Gasteiger partial charge in [0, 0.05) is 5.41 Å². The summed E-state index contributed by atoms with van der Waals surface area (Å²) in [6, 6.07) is 15.4. The van der Waals surface area contributed by atoms with Gasteiger partial charge in [-0.1, -0.05) is 52.8 Å². The lowest BCUT2D eigenvalue weighted by atomic mass is 9.56. The van der Waals surface area contributed by atoms with Crippen molar-refractivity contribution >= 4 is 0 Å². The number of rotatable bonds is 5. The standard InChI is InChI=1S/C26H36O2/c1-17(2)27-20-12-10-19(11-13-20)26(9)23-16-21(28-18(3)4)14-15-22(23)24(5,6)25(26,7)8/h10-18H,1-9H3/t26-/m1/s1. The largest absolute Gasteiger partial charge is 0.491 e. The van der Waals surface area contributed by atoms with Crippen LogP contribution in [0.1, 0.15) is 79.0 Å². The Labute approximate surface area is 171 Å². The molecule has 152 valence electrons. The molecule has 0 N–H and O–H groups in total. The summed E-state index contributed by atoms with van der Waals surface area (Å²) in [7, 11) is 0. The van der Waals surface area contributed by atoms with Crippen LogP contribution in [0.4, 0.5) is 0 Å². The highest BCUT2D eigenvalue weighted by molar-refractivity contribution is 5.57. The van der Waals surface area contributed by atoms with E-state index in [2.05, 4.69) is 105 Å². The molecule has 1 atom stereocenters. The zero-order chi connectivity index (χ0) is 20.9. The van der Waals surface area contributed by atoms with Crippen molar-refractivity contribution in [3.8, 4) is 11.5 Å². The minimum absolute atomic E-state index is 0.0270. The maximum absolute atomic E-state index is 6.05. The van der Waals surface area contributed by atoms with Gasteiger partial charge in [0.1, 0.15) is 11.5 Å². The quantitative estimate of drug-likeness (QED) is 0.562. The second-order valence-electron chi connectivity index (χ2n) is 9.94. The summed E-state index contributed by atoms with van der Waals surface area (Å²) in [6.07, 6.45) is 0.346. The van der Waals surface area contributed by atoms with Gasteiger partial charge in [-0.15, -0.1) is 0 Å². The van der Waals surface area contributed by atoms with E-state index < -0.39 is 0 Å². The fourth-order valence-corrected chi connectivity index (χ4v) is 4.78. The first-order valence-electron chi connectivity index (χ1n) is 10.5. The molecule has 0 fully saturated rings. The average molecular weight is 381 g/mol. The molecule has 0 bridgehead atoms. The summed E-state index contributed by atoms with van der Waals surface area (Å²) in [5.74, 6) is 1.88. The normalized spacial score (nSPS) is 22.4. The van der Waals surface area contributed by atoms with E-state index in [4.69, 9.17) is 9.47 Å². The highest BCUT2D eigenvalue weighted by atomic mass is 16.5. The van der Waals surface area contributed by atoms with Crippen molar-refractivity contribution in [2.24, 2.45) is 5.41 Å². The van der Waals surface area contributed by atoms with Crippen molar-refractivity contribution in [2.75, 3.05) is 0 Å². The Bertz CT molecular complexity index is 843. The van der Waals surface area contributed by atoms with Gasteiger partial charge in [0.2, 0.25) is 0 Å². The first-order valence-corrected chi connectivity index (χ1v) is 10.5. The molecule has 2 heteroatoms. The van der Waals surface area contributed by atoms with Gasteiger partial charge < -0.3 is 9.47 Å². The van der Waals surface area contributed by atoms with E-state index in [1.807, 2.05) is 0 Å². The average Bonchev–Trinajstić information content (AvgIpc) is 2.70. The van der Waals surface area contributed by atoms with Crippen LogP contribution in [0.5, 0.6) is 11.5 Å². The van der Waals surface area contributed by atoms with Gasteiger partial charge >= 0.3 is 0 Å². The number of hydrogen-bond donors (Lipinski definition) is 0. The van der Waals surface area contributed by atoms with E-state index in [1.54, 1.807) is 0 Å². The van der Waals surface area contributed by atoms with Crippen LogP contribution < -0.4 is 9.47 Å². The van der Waals surface area contributed by atoms with Crippen molar-refractivity contribution < 1.29 is 9.47 Å². The van der Waals surface area contributed by atoms with Crippen molar-refractivity contribution in [1.29, 1.82) is 0 Å². The number of benzene rings is 2. The Balaban J connectivity index is 2.16. The van der Waals surface area contributed by atoms with E-state index >= 15 is 0 Å². The minimum atomic E-state index is -0.126. The van der Waals surface area contributed by atoms with Gasteiger partial charge in [0.05, 0.1) is 12.2 Å². The fourth-order valence-electron chi connectivity index (χ4n) is 4.78. The van der Waals surface area contributed by atoms with Gasteiger partial charge in [0.15, 0.2) is 0 Å². The predicted molar refractivity (Wildman–Crippen MR) is 118 cm³/mol. The smallest absolute Gasteiger partial charge is 0.120 e. The van der Waals surface area contributed by atoms with Crippen molar-refractivity contribution in [1.82, 2.24) is 0 Å². The Kier molecular flexibility index (Phi) is 5.06. The third-order valence-corrected chi connectivity index (χ3v) is 7.19. The number of fused-ring (bicyclic) bond motifs is 1. The van der Waals surface area contributed by atoms with E-state index in [0.29, 0.717) is 0 Å². The minimum Gasteiger partial charge on any atom is -0.491 e. The van der Waals surface area contributed by atoms with Crippen LogP contribution >= 0.6 is 0 Å². The molecule has 0 heterocycles. The molecule has 0 unspecified atom stereocenters. The second-order valence-corrected chi connectivity index (χ2v) is 9.94. The molecule has 0 saturated carbocycles. The van der Waals surface area contributed by atoms with E-state index in [9.17, 15) is 0 Å². The summed E-state index contributed by atoms with van der Waals surface area (Å²) >= 11 is 0. The van der Waals surface area contributed by atoms with Crippen LogP contribution in [0.2, 0.25) is 0 Å². The van der Waals surface area contributed by atoms with Crippen LogP contribution in [-0.2, 0) is 10.8 Å². The molecule has 3 rings (SSSR count). The summed E-state index contributed by atoms with van der Waals surface area (Å²) in [6.45, 7) is 20.2. The summed E-state index contributed by atoms with van der Waals surface area (Å²) < 4.78 is 11.9. The molecule has 2 aromatic rings. The van der Waals surface area contributed by atoms with Crippen LogP contribution in [0, 0.1) is 5.41 Å². The molecular weight excluding hydrogens is 344 g/mol. The van der Waals surface area contributed by atoms with Gasteiger partial charge in [-0.25, -0.2) is 0 Å². The zero-order valence-electron chi connectivity index (χ0n) is 19.0. The molecule has 0 aromatic heterocycles. The van der Waals surface area contributed by atoms with Crippen LogP contribution in [-0.4, -0.2) is 12.2 Å². The van der Waals surface area contributed by atoms with E-state index in [0.717, 1.165) is 11.5 Å². The first kappa shape index (κ1) is 20.8. The van der Waals surface area contributed by atoms with Gasteiger partial charge in [-0.3, -0.25) is 0 Å². The van der Waals surface area contributed by atoms with Crippen LogP contribution in [0.15, 0.2) is 42.5 Å². The SMILES string of the molecule is CC(C)Oc1ccc([C@]2(C)c3cc(OC(C)C)ccc3C(C)(C)C2(C)C)cc1. The molecule has 0 aliphatic heterocycles. The molecule has 2 aromatic carbocycles. The third-order valence-electron chi connectivity index (χ3n) is 7.19. The number of ether oxygens (including phenoxy) is 2. The van der Waals surface area contributed by atoms with Crippen molar-refractivity contribution in [3.63, 3.8) is 0 Å². The molecule has 28 heavy (non-hydrogen) atoms. The Hall–Kier alpha value is -1.96. The molecular formula is C26H36O2. The maximum atomic E-state index is 6.05. The van der Waals surface area contributed by atoms with E-state index in [-0.39, 0.29) is 28.5 Å². The van der Waals surface area contributed by atoms with E-state index in [1.165, 1.54) is 16.7 Å². The summed E-state index contributed by atoms with van der Waals surface area (Å²) in [4.78, 5) is 0. The molecule has 1 aliphatic rings. The Morgan fingerprint density at radius 2 is 1.14 bits per heavy atom. The monoisotopic (exact) mass is 380 g/mol.